The highest BCUT2D eigenvalue weighted by atomic mass is 79.9. The molecule has 0 heterocycles. The molecule has 1 aromatic carbocycles. The minimum absolute atomic E-state index is 0.00468. The Balaban J connectivity index is 2.56. The summed E-state index contributed by atoms with van der Waals surface area (Å²) in [5.41, 5.74) is 6.08. The monoisotopic (exact) mass is 316 g/mol. The molecular weight excluding hydrogens is 300 g/mol. The van der Waals surface area contributed by atoms with Crippen LogP contribution in [0.5, 0.6) is 5.75 Å². The topological polar surface area (TPSA) is 84.6 Å². The first-order chi connectivity index (χ1) is 8.56. The number of phenols is 1. The standard InChI is InChI=1S/C12H17BrN2O3/c1-18-7-3-5-9(14)12(17)15-10-6-2-4-8(13)11(10)16/h2,4,6,9,16H,3,5,7,14H2,1H3,(H,15,17). The Labute approximate surface area is 114 Å². The van der Waals surface area contributed by atoms with E-state index in [0.29, 0.717) is 23.2 Å². The number of para-hydroxylation sites is 1. The number of anilines is 1. The van der Waals surface area contributed by atoms with Crippen LogP contribution in [0.2, 0.25) is 0 Å². The third-order valence-corrected chi connectivity index (χ3v) is 3.08. The first kappa shape index (κ1) is 14.9. The van der Waals surface area contributed by atoms with Gasteiger partial charge in [-0.2, -0.15) is 0 Å². The predicted octanol–water partition coefficient (Wildman–Crippen LogP) is 1.85. The molecule has 1 amide bonds. The molecule has 100 valence electrons. The number of halogens is 1. The Morgan fingerprint density at radius 2 is 2.33 bits per heavy atom. The third-order valence-electron chi connectivity index (χ3n) is 2.45. The van der Waals surface area contributed by atoms with Crippen LogP contribution in [-0.4, -0.2) is 30.8 Å². The highest BCUT2D eigenvalue weighted by molar-refractivity contribution is 9.10. The molecule has 0 saturated heterocycles. The number of hydrogen-bond donors (Lipinski definition) is 3. The molecule has 18 heavy (non-hydrogen) atoms. The lowest BCUT2D eigenvalue weighted by Gasteiger charge is -2.13. The smallest absolute Gasteiger partial charge is 0.241 e. The molecular formula is C12H17BrN2O3. The quantitative estimate of drug-likeness (QED) is 0.552. The maximum Gasteiger partial charge on any atom is 0.241 e. The van der Waals surface area contributed by atoms with Crippen molar-refractivity contribution in [3.05, 3.63) is 22.7 Å². The van der Waals surface area contributed by atoms with E-state index in [1.165, 1.54) is 0 Å². The normalized spacial score (nSPS) is 12.2. The summed E-state index contributed by atoms with van der Waals surface area (Å²) in [4.78, 5) is 11.8. The van der Waals surface area contributed by atoms with E-state index in [9.17, 15) is 9.90 Å². The molecule has 0 aromatic heterocycles. The summed E-state index contributed by atoms with van der Waals surface area (Å²) >= 11 is 3.18. The van der Waals surface area contributed by atoms with Gasteiger partial charge in [-0.1, -0.05) is 6.07 Å². The Hall–Kier alpha value is -1.11. The number of benzene rings is 1. The number of nitrogens with two attached hydrogens (primary N) is 1. The molecule has 5 nitrogen and oxygen atoms in total. The van der Waals surface area contributed by atoms with Gasteiger partial charge < -0.3 is 20.9 Å². The number of nitrogens with one attached hydrogen (secondary N) is 1. The van der Waals surface area contributed by atoms with Gasteiger partial charge in [0, 0.05) is 13.7 Å². The Kier molecular flexibility index (Phi) is 6.11. The van der Waals surface area contributed by atoms with Crippen molar-refractivity contribution in [2.45, 2.75) is 18.9 Å². The summed E-state index contributed by atoms with van der Waals surface area (Å²) < 4.78 is 5.41. The van der Waals surface area contributed by atoms with Crippen molar-refractivity contribution in [1.29, 1.82) is 0 Å². The number of carbonyl (C=O) groups excluding carboxylic acids is 1. The van der Waals surface area contributed by atoms with Crippen molar-refractivity contribution in [3.8, 4) is 5.75 Å². The molecule has 0 bridgehead atoms. The molecule has 1 aromatic rings. The van der Waals surface area contributed by atoms with Gasteiger partial charge in [0.25, 0.3) is 0 Å². The second kappa shape index (κ2) is 7.35. The van der Waals surface area contributed by atoms with Crippen LogP contribution in [0.3, 0.4) is 0 Å². The van der Waals surface area contributed by atoms with E-state index < -0.39 is 6.04 Å². The zero-order chi connectivity index (χ0) is 13.5. The molecule has 6 heteroatoms. The summed E-state index contributed by atoms with van der Waals surface area (Å²) in [6.45, 7) is 0.573. The van der Waals surface area contributed by atoms with Crippen molar-refractivity contribution in [2.24, 2.45) is 5.73 Å². The van der Waals surface area contributed by atoms with Gasteiger partial charge in [-0.05, 0) is 40.9 Å². The first-order valence-corrected chi connectivity index (χ1v) is 6.38. The molecule has 4 N–H and O–H groups in total. The zero-order valence-electron chi connectivity index (χ0n) is 10.1. The molecule has 1 unspecified atom stereocenters. The number of rotatable bonds is 6. The van der Waals surface area contributed by atoms with Crippen LogP contribution in [0, 0.1) is 0 Å². The zero-order valence-corrected chi connectivity index (χ0v) is 11.7. The van der Waals surface area contributed by atoms with Crippen LogP contribution in [0.4, 0.5) is 5.69 Å². The van der Waals surface area contributed by atoms with Crippen molar-refractivity contribution in [2.75, 3.05) is 19.0 Å². The summed E-state index contributed by atoms with van der Waals surface area (Å²) in [5.74, 6) is -0.325. The fraction of sp³-hybridized carbons (Fsp3) is 0.417. The van der Waals surface area contributed by atoms with Crippen LogP contribution in [0.15, 0.2) is 22.7 Å². The Morgan fingerprint density at radius 3 is 3.00 bits per heavy atom. The number of methoxy groups -OCH3 is 1. The van der Waals surface area contributed by atoms with E-state index >= 15 is 0 Å². The first-order valence-electron chi connectivity index (χ1n) is 5.59. The van der Waals surface area contributed by atoms with E-state index in [-0.39, 0.29) is 11.7 Å². The van der Waals surface area contributed by atoms with Gasteiger partial charge in [-0.15, -0.1) is 0 Å². The highest BCUT2D eigenvalue weighted by Crippen LogP contribution is 2.31. The van der Waals surface area contributed by atoms with Gasteiger partial charge in [-0.25, -0.2) is 0 Å². The SMILES string of the molecule is COCCCC(N)C(=O)Nc1cccc(Br)c1O. The maximum absolute atomic E-state index is 11.8. The molecule has 0 fully saturated rings. The second-order valence-corrected chi connectivity index (χ2v) is 4.72. The van der Waals surface area contributed by atoms with Crippen LogP contribution in [0.25, 0.3) is 0 Å². The average molecular weight is 317 g/mol. The van der Waals surface area contributed by atoms with Crippen LogP contribution >= 0.6 is 15.9 Å². The van der Waals surface area contributed by atoms with Crippen molar-refractivity contribution in [1.82, 2.24) is 0 Å². The van der Waals surface area contributed by atoms with Crippen LogP contribution < -0.4 is 11.1 Å². The Morgan fingerprint density at radius 1 is 1.61 bits per heavy atom. The molecule has 0 radical (unpaired) electrons. The maximum atomic E-state index is 11.8. The molecule has 0 aliphatic heterocycles. The summed E-state index contributed by atoms with van der Waals surface area (Å²) in [6, 6.07) is 4.40. The minimum Gasteiger partial charge on any atom is -0.505 e. The largest absolute Gasteiger partial charge is 0.505 e. The van der Waals surface area contributed by atoms with Gasteiger partial charge in [0.1, 0.15) is 0 Å². The van der Waals surface area contributed by atoms with Gasteiger partial charge in [0.15, 0.2) is 5.75 Å². The highest BCUT2D eigenvalue weighted by Gasteiger charge is 2.15. The van der Waals surface area contributed by atoms with Crippen LogP contribution in [0.1, 0.15) is 12.8 Å². The minimum atomic E-state index is -0.612. The number of amides is 1. The Bertz CT molecular complexity index is 412. The molecule has 1 atom stereocenters. The summed E-state index contributed by atoms with van der Waals surface area (Å²) in [6.07, 6.45) is 1.25. The molecule has 0 aliphatic carbocycles. The molecule has 1 rings (SSSR count). The van der Waals surface area contributed by atoms with Crippen molar-refractivity contribution in [3.63, 3.8) is 0 Å². The lowest BCUT2D eigenvalue weighted by Crippen LogP contribution is -2.35. The molecule has 0 aliphatic rings. The lowest BCUT2D eigenvalue weighted by molar-refractivity contribution is -0.117. The molecule has 0 saturated carbocycles. The van der Waals surface area contributed by atoms with Gasteiger partial charge in [0.05, 0.1) is 16.2 Å². The summed E-state index contributed by atoms with van der Waals surface area (Å²) in [7, 11) is 1.60. The predicted molar refractivity (Wildman–Crippen MR) is 73.5 cm³/mol. The van der Waals surface area contributed by atoms with Gasteiger partial charge in [-0.3, -0.25) is 4.79 Å². The summed E-state index contributed by atoms with van der Waals surface area (Å²) in [5, 5.41) is 12.3. The van der Waals surface area contributed by atoms with E-state index in [1.807, 2.05) is 0 Å². The number of ether oxygens (including phenoxy) is 1. The number of aromatic hydroxyl groups is 1. The number of hydrogen-bond acceptors (Lipinski definition) is 4. The van der Waals surface area contributed by atoms with Crippen LogP contribution in [-0.2, 0) is 9.53 Å². The van der Waals surface area contributed by atoms with Crippen molar-refractivity contribution < 1.29 is 14.6 Å². The third kappa shape index (κ3) is 4.29. The number of phenolic OH excluding ortho intramolecular Hbond substituents is 1. The van der Waals surface area contributed by atoms with Crippen molar-refractivity contribution >= 4 is 27.5 Å². The van der Waals surface area contributed by atoms with E-state index in [2.05, 4.69) is 21.2 Å². The second-order valence-electron chi connectivity index (χ2n) is 3.87. The van der Waals surface area contributed by atoms with E-state index in [4.69, 9.17) is 10.5 Å². The number of carbonyl (C=O) groups is 1. The fourth-order valence-corrected chi connectivity index (χ4v) is 1.79. The van der Waals surface area contributed by atoms with Gasteiger partial charge >= 0.3 is 0 Å². The fourth-order valence-electron chi connectivity index (χ4n) is 1.42. The average Bonchev–Trinajstić information content (AvgIpc) is 2.35. The lowest BCUT2D eigenvalue weighted by atomic mass is 10.1. The van der Waals surface area contributed by atoms with E-state index in [0.717, 1.165) is 6.42 Å². The van der Waals surface area contributed by atoms with Gasteiger partial charge in [0.2, 0.25) is 5.91 Å². The molecule has 0 spiro atoms. The van der Waals surface area contributed by atoms with E-state index in [1.54, 1.807) is 25.3 Å².